The second-order valence-corrected chi connectivity index (χ2v) is 4.88. The molecule has 0 bridgehead atoms. The van der Waals surface area contributed by atoms with Gasteiger partial charge >= 0.3 is 0 Å². The molecule has 21 heavy (non-hydrogen) atoms. The number of hydrogen-bond acceptors (Lipinski definition) is 5. The van der Waals surface area contributed by atoms with Crippen LogP contribution in [0.15, 0.2) is 12.1 Å². The van der Waals surface area contributed by atoms with E-state index in [0.717, 1.165) is 26.2 Å². The zero-order valence-electron chi connectivity index (χ0n) is 12.0. The van der Waals surface area contributed by atoms with E-state index in [1.165, 1.54) is 6.07 Å². The maximum atomic E-state index is 11.1. The van der Waals surface area contributed by atoms with Gasteiger partial charge < -0.3 is 10.4 Å². The average Bonchev–Trinajstić information content (AvgIpc) is 2.41. The molecule has 0 amide bonds. The summed E-state index contributed by atoms with van der Waals surface area (Å²) < 4.78 is 0. The number of nitro groups is 1. The number of benzene rings is 1. The molecule has 2 N–H and O–H groups in total. The zero-order chi connectivity index (χ0) is 14.0. The first kappa shape index (κ1) is 19.9. The van der Waals surface area contributed by atoms with E-state index in [4.69, 9.17) is 0 Å². The van der Waals surface area contributed by atoms with Gasteiger partial charge in [-0.25, -0.2) is 0 Å². The SMILES string of the molecule is Cc1ccc([N+](=O)[O-])c([C@@H](C)N2CCNCC2)c1O.Cl.Cl. The third-order valence-corrected chi connectivity index (χ3v) is 3.71. The number of aromatic hydroxyl groups is 1. The molecule has 0 aromatic heterocycles. The second kappa shape index (κ2) is 8.38. The van der Waals surface area contributed by atoms with Crippen LogP contribution in [0.2, 0.25) is 0 Å². The molecule has 0 aliphatic carbocycles. The molecule has 1 saturated heterocycles. The molecule has 1 aromatic rings. The van der Waals surface area contributed by atoms with Crippen LogP contribution in [0.3, 0.4) is 0 Å². The first-order chi connectivity index (χ1) is 9.02. The predicted molar refractivity (Wildman–Crippen MR) is 86.9 cm³/mol. The first-order valence-corrected chi connectivity index (χ1v) is 6.44. The smallest absolute Gasteiger partial charge is 0.277 e. The van der Waals surface area contributed by atoms with Gasteiger partial charge in [-0.3, -0.25) is 15.0 Å². The van der Waals surface area contributed by atoms with E-state index in [9.17, 15) is 15.2 Å². The summed E-state index contributed by atoms with van der Waals surface area (Å²) in [5, 5.41) is 24.6. The van der Waals surface area contributed by atoms with Crippen molar-refractivity contribution in [3.63, 3.8) is 0 Å². The monoisotopic (exact) mass is 337 g/mol. The largest absolute Gasteiger partial charge is 0.507 e. The fraction of sp³-hybridized carbons (Fsp3) is 0.538. The Kier molecular flexibility index (Phi) is 7.95. The number of aryl methyl sites for hydroxylation is 1. The topological polar surface area (TPSA) is 78.6 Å². The van der Waals surface area contributed by atoms with Crippen LogP contribution in [0.25, 0.3) is 0 Å². The molecule has 1 heterocycles. The number of hydrogen-bond donors (Lipinski definition) is 2. The van der Waals surface area contributed by atoms with Crippen molar-refractivity contribution in [1.82, 2.24) is 10.2 Å². The Morgan fingerprint density at radius 3 is 2.43 bits per heavy atom. The minimum absolute atomic E-state index is 0. The van der Waals surface area contributed by atoms with Crippen LogP contribution in [-0.2, 0) is 0 Å². The number of nitrogens with one attached hydrogen (secondary N) is 1. The van der Waals surface area contributed by atoms with Gasteiger partial charge in [0.1, 0.15) is 5.75 Å². The quantitative estimate of drug-likeness (QED) is 0.654. The predicted octanol–water partition coefficient (Wildman–Crippen LogP) is 2.42. The molecule has 8 heteroatoms. The lowest BCUT2D eigenvalue weighted by Crippen LogP contribution is -2.44. The molecule has 0 radical (unpaired) electrons. The summed E-state index contributed by atoms with van der Waals surface area (Å²) in [4.78, 5) is 12.9. The van der Waals surface area contributed by atoms with E-state index in [0.29, 0.717) is 11.1 Å². The highest BCUT2D eigenvalue weighted by Gasteiger charge is 2.28. The molecule has 0 saturated carbocycles. The van der Waals surface area contributed by atoms with Gasteiger partial charge in [-0.2, -0.15) is 0 Å². The minimum atomic E-state index is -0.423. The lowest BCUT2D eigenvalue weighted by Gasteiger charge is -2.33. The summed E-state index contributed by atoms with van der Waals surface area (Å²) in [7, 11) is 0. The first-order valence-electron chi connectivity index (χ1n) is 6.44. The Balaban J connectivity index is 0.00000200. The minimum Gasteiger partial charge on any atom is -0.507 e. The van der Waals surface area contributed by atoms with E-state index < -0.39 is 4.92 Å². The summed E-state index contributed by atoms with van der Waals surface area (Å²) in [5.74, 6) is 0.0419. The number of phenolic OH excluding ortho intramolecular Hbond substituents is 1. The van der Waals surface area contributed by atoms with Crippen molar-refractivity contribution < 1.29 is 10.0 Å². The Hall–Kier alpha value is -1.08. The average molecular weight is 338 g/mol. The molecule has 0 spiro atoms. The van der Waals surface area contributed by atoms with Crippen molar-refractivity contribution in [1.29, 1.82) is 0 Å². The summed E-state index contributed by atoms with van der Waals surface area (Å²) in [6, 6.07) is 2.90. The van der Waals surface area contributed by atoms with E-state index in [-0.39, 0.29) is 42.3 Å². The summed E-state index contributed by atoms with van der Waals surface area (Å²) in [6.07, 6.45) is 0. The van der Waals surface area contributed by atoms with Crippen LogP contribution < -0.4 is 5.32 Å². The van der Waals surface area contributed by atoms with Gasteiger partial charge in [0.25, 0.3) is 5.69 Å². The van der Waals surface area contributed by atoms with Gasteiger partial charge in [0.15, 0.2) is 0 Å². The molecule has 1 aliphatic rings. The van der Waals surface area contributed by atoms with Crippen LogP contribution in [0, 0.1) is 17.0 Å². The lowest BCUT2D eigenvalue weighted by atomic mass is 10.00. The van der Waals surface area contributed by atoms with Crippen molar-refractivity contribution in [3.8, 4) is 5.75 Å². The molecule has 6 nitrogen and oxygen atoms in total. The molecular weight excluding hydrogens is 317 g/mol. The van der Waals surface area contributed by atoms with Gasteiger partial charge in [-0.05, 0) is 25.5 Å². The van der Waals surface area contributed by atoms with Gasteiger partial charge in [0.2, 0.25) is 0 Å². The zero-order valence-corrected chi connectivity index (χ0v) is 13.7. The number of piperazine rings is 1. The van der Waals surface area contributed by atoms with Crippen molar-refractivity contribution in [2.24, 2.45) is 0 Å². The van der Waals surface area contributed by atoms with Gasteiger partial charge in [0, 0.05) is 38.3 Å². The summed E-state index contributed by atoms with van der Waals surface area (Å²) in [6.45, 7) is 7.05. The van der Waals surface area contributed by atoms with Crippen molar-refractivity contribution in [2.75, 3.05) is 26.2 Å². The van der Waals surface area contributed by atoms with Crippen LogP contribution in [-0.4, -0.2) is 41.1 Å². The molecule has 0 unspecified atom stereocenters. The van der Waals surface area contributed by atoms with Crippen LogP contribution in [0.1, 0.15) is 24.1 Å². The molecule has 2 rings (SSSR count). The lowest BCUT2D eigenvalue weighted by molar-refractivity contribution is -0.386. The molecule has 1 aromatic carbocycles. The standard InChI is InChI=1S/C13H19N3O3.2ClH/c1-9-3-4-11(16(18)19)12(13(9)17)10(2)15-7-5-14-6-8-15;;/h3-4,10,14,17H,5-8H2,1-2H3;2*1H/t10-;;/m1../s1. The maximum absolute atomic E-state index is 11.1. The maximum Gasteiger partial charge on any atom is 0.277 e. The van der Waals surface area contributed by atoms with Crippen LogP contribution in [0.5, 0.6) is 5.75 Å². The fourth-order valence-corrected chi connectivity index (χ4v) is 2.53. The molecule has 1 aliphatic heterocycles. The van der Waals surface area contributed by atoms with Crippen LogP contribution in [0.4, 0.5) is 5.69 Å². The number of phenols is 1. The summed E-state index contributed by atoms with van der Waals surface area (Å²) in [5.41, 5.74) is 1.09. The Bertz CT molecular complexity index is 494. The van der Waals surface area contributed by atoms with E-state index in [2.05, 4.69) is 10.2 Å². The van der Waals surface area contributed by atoms with Gasteiger partial charge in [-0.15, -0.1) is 24.8 Å². The number of nitro benzene ring substituents is 1. The highest BCUT2D eigenvalue weighted by Crippen LogP contribution is 2.38. The Morgan fingerprint density at radius 1 is 1.33 bits per heavy atom. The Labute approximate surface area is 136 Å². The Morgan fingerprint density at radius 2 is 1.90 bits per heavy atom. The van der Waals surface area contributed by atoms with E-state index >= 15 is 0 Å². The van der Waals surface area contributed by atoms with Crippen molar-refractivity contribution in [3.05, 3.63) is 33.4 Å². The van der Waals surface area contributed by atoms with E-state index in [1.54, 1.807) is 13.0 Å². The second-order valence-electron chi connectivity index (χ2n) is 4.88. The third kappa shape index (κ3) is 4.20. The third-order valence-electron chi connectivity index (χ3n) is 3.71. The van der Waals surface area contributed by atoms with Gasteiger partial charge in [0.05, 0.1) is 10.5 Å². The highest BCUT2D eigenvalue weighted by atomic mass is 35.5. The van der Waals surface area contributed by atoms with Crippen molar-refractivity contribution in [2.45, 2.75) is 19.9 Å². The number of halogens is 2. The molecule has 1 fully saturated rings. The fourth-order valence-electron chi connectivity index (χ4n) is 2.53. The number of nitrogens with zero attached hydrogens (tertiary/aromatic N) is 2. The van der Waals surface area contributed by atoms with Crippen molar-refractivity contribution >= 4 is 30.5 Å². The molecular formula is C13H21Cl2N3O3. The number of rotatable bonds is 3. The normalized spacial score (nSPS) is 16.5. The van der Waals surface area contributed by atoms with E-state index in [1.807, 2.05) is 6.92 Å². The van der Waals surface area contributed by atoms with Crippen LogP contribution >= 0.6 is 24.8 Å². The highest BCUT2D eigenvalue weighted by molar-refractivity contribution is 5.85. The molecule has 120 valence electrons. The summed E-state index contributed by atoms with van der Waals surface area (Å²) >= 11 is 0. The molecule has 1 atom stereocenters. The van der Waals surface area contributed by atoms with Gasteiger partial charge in [-0.1, -0.05) is 0 Å².